The molecule has 1 aromatic heterocycles. The predicted molar refractivity (Wildman–Crippen MR) is 49.9 cm³/mol. The summed E-state index contributed by atoms with van der Waals surface area (Å²) in [5, 5.41) is 13.3. The van der Waals surface area contributed by atoms with Crippen molar-refractivity contribution in [3.63, 3.8) is 0 Å². The van der Waals surface area contributed by atoms with Gasteiger partial charge < -0.3 is 11.1 Å². The Morgan fingerprint density at radius 1 is 1.64 bits per heavy atom. The molecule has 14 heavy (non-hydrogen) atoms. The molecule has 1 aliphatic heterocycles. The number of hydrogen-bond donors (Lipinski definition) is 2. The van der Waals surface area contributed by atoms with Crippen LogP contribution in [0.3, 0.4) is 0 Å². The average molecular weight is 192 g/mol. The van der Waals surface area contributed by atoms with Crippen molar-refractivity contribution in [3.8, 4) is 0 Å². The Balaban J connectivity index is 2.44. The second kappa shape index (κ2) is 3.08. The molecule has 0 spiro atoms. The third-order valence-electron chi connectivity index (χ3n) is 2.06. The summed E-state index contributed by atoms with van der Waals surface area (Å²) < 4.78 is 0. The second-order valence-electron chi connectivity index (χ2n) is 2.89. The minimum absolute atomic E-state index is 0.0505. The third-order valence-corrected chi connectivity index (χ3v) is 2.06. The zero-order valence-corrected chi connectivity index (χ0v) is 7.18. The van der Waals surface area contributed by atoms with Crippen molar-refractivity contribution in [3.05, 3.63) is 45.9 Å². The first-order valence-corrected chi connectivity index (χ1v) is 4.01. The molecule has 0 radical (unpaired) electrons. The van der Waals surface area contributed by atoms with Gasteiger partial charge >= 0.3 is 0 Å². The second-order valence-corrected chi connectivity index (χ2v) is 2.89. The molecule has 3 N–H and O–H groups in total. The number of fused-ring (bicyclic) bond motifs is 1. The van der Waals surface area contributed by atoms with Gasteiger partial charge in [0.2, 0.25) is 0 Å². The molecular formula is C8H8N4O2. The number of rotatable bonds is 1. The van der Waals surface area contributed by atoms with E-state index in [9.17, 15) is 10.1 Å². The highest BCUT2D eigenvalue weighted by Crippen LogP contribution is 2.28. The van der Waals surface area contributed by atoms with Crippen LogP contribution in [0.5, 0.6) is 0 Å². The lowest BCUT2D eigenvalue weighted by molar-refractivity contribution is -0.430. The molecular weight excluding hydrogens is 184 g/mol. The molecule has 0 aliphatic carbocycles. The van der Waals surface area contributed by atoms with E-state index in [1.54, 1.807) is 18.3 Å². The van der Waals surface area contributed by atoms with Crippen LogP contribution in [0.4, 0.5) is 5.82 Å². The standard InChI is InChI=1S/C8H8N4O2/c9-7-5-2-1-3-10-8(5)11-4-6(7)12(13)14/h1-4,7H,9H2,(H,10,11). The molecule has 0 saturated carbocycles. The van der Waals surface area contributed by atoms with Gasteiger partial charge in [-0.3, -0.25) is 10.1 Å². The van der Waals surface area contributed by atoms with Crippen LogP contribution < -0.4 is 11.1 Å². The molecule has 1 unspecified atom stereocenters. The molecule has 0 fully saturated rings. The summed E-state index contributed by atoms with van der Waals surface area (Å²) in [5.41, 5.74) is 6.29. The van der Waals surface area contributed by atoms with Gasteiger partial charge in [0, 0.05) is 11.8 Å². The van der Waals surface area contributed by atoms with Crippen molar-refractivity contribution in [1.82, 2.24) is 4.98 Å². The zero-order chi connectivity index (χ0) is 10.1. The molecule has 0 amide bonds. The van der Waals surface area contributed by atoms with Gasteiger partial charge in [0.25, 0.3) is 5.70 Å². The average Bonchev–Trinajstić information content (AvgIpc) is 2.18. The van der Waals surface area contributed by atoms with Crippen LogP contribution in [0.1, 0.15) is 11.6 Å². The molecule has 1 aliphatic rings. The van der Waals surface area contributed by atoms with Crippen molar-refractivity contribution in [2.24, 2.45) is 5.73 Å². The fourth-order valence-corrected chi connectivity index (χ4v) is 1.35. The van der Waals surface area contributed by atoms with Gasteiger partial charge in [-0.1, -0.05) is 6.07 Å². The van der Waals surface area contributed by atoms with Crippen LogP contribution >= 0.6 is 0 Å². The van der Waals surface area contributed by atoms with Gasteiger partial charge in [-0.25, -0.2) is 4.98 Å². The van der Waals surface area contributed by atoms with E-state index in [0.717, 1.165) is 0 Å². The number of nitro groups is 1. The van der Waals surface area contributed by atoms with Crippen molar-refractivity contribution >= 4 is 5.82 Å². The van der Waals surface area contributed by atoms with Gasteiger partial charge in [0.15, 0.2) is 0 Å². The Bertz CT molecular complexity index is 416. The SMILES string of the molecule is NC1C([N+](=O)[O-])=CNc2ncccc21. The van der Waals surface area contributed by atoms with Crippen LogP contribution in [-0.2, 0) is 0 Å². The molecule has 2 heterocycles. The zero-order valence-electron chi connectivity index (χ0n) is 7.18. The van der Waals surface area contributed by atoms with Crippen LogP contribution in [-0.4, -0.2) is 9.91 Å². The smallest absolute Gasteiger partial charge is 0.283 e. The number of nitrogens with two attached hydrogens (primary N) is 1. The number of hydrogen-bond acceptors (Lipinski definition) is 5. The number of aromatic nitrogens is 1. The summed E-state index contributed by atoms with van der Waals surface area (Å²) in [6, 6.07) is 2.70. The topological polar surface area (TPSA) is 94.1 Å². The summed E-state index contributed by atoms with van der Waals surface area (Å²) in [5.74, 6) is 0.575. The van der Waals surface area contributed by atoms with E-state index in [1.165, 1.54) is 6.20 Å². The number of nitrogens with zero attached hydrogens (tertiary/aromatic N) is 2. The Morgan fingerprint density at radius 3 is 3.14 bits per heavy atom. The molecule has 72 valence electrons. The van der Waals surface area contributed by atoms with E-state index in [2.05, 4.69) is 10.3 Å². The van der Waals surface area contributed by atoms with E-state index in [4.69, 9.17) is 5.73 Å². The van der Waals surface area contributed by atoms with Gasteiger partial charge in [0.05, 0.1) is 11.1 Å². The molecule has 1 atom stereocenters. The lowest BCUT2D eigenvalue weighted by Crippen LogP contribution is -2.24. The fourth-order valence-electron chi connectivity index (χ4n) is 1.35. The van der Waals surface area contributed by atoms with Gasteiger partial charge in [-0.2, -0.15) is 0 Å². The highest BCUT2D eigenvalue weighted by atomic mass is 16.6. The largest absolute Gasteiger partial charge is 0.341 e. The number of pyridine rings is 1. The maximum absolute atomic E-state index is 10.6. The van der Waals surface area contributed by atoms with Gasteiger partial charge in [-0.15, -0.1) is 0 Å². The van der Waals surface area contributed by atoms with E-state index in [-0.39, 0.29) is 5.70 Å². The molecule has 2 rings (SSSR count). The highest BCUT2D eigenvalue weighted by Gasteiger charge is 2.28. The predicted octanol–water partition coefficient (Wildman–Crippen LogP) is 0.625. The quantitative estimate of drug-likeness (QED) is 0.502. The van der Waals surface area contributed by atoms with E-state index < -0.39 is 11.0 Å². The van der Waals surface area contributed by atoms with E-state index in [1.807, 2.05) is 0 Å². The molecule has 1 aromatic rings. The Kier molecular flexibility index (Phi) is 1.90. The van der Waals surface area contributed by atoms with Gasteiger partial charge in [-0.05, 0) is 6.07 Å². The summed E-state index contributed by atoms with van der Waals surface area (Å²) in [6.45, 7) is 0. The number of anilines is 1. The Labute approximate surface area is 79.6 Å². The summed E-state index contributed by atoms with van der Waals surface area (Å²) in [4.78, 5) is 14.1. The molecule has 0 bridgehead atoms. The van der Waals surface area contributed by atoms with Crippen LogP contribution in [0, 0.1) is 10.1 Å². The molecule has 6 heteroatoms. The van der Waals surface area contributed by atoms with Crippen molar-refractivity contribution < 1.29 is 4.92 Å². The summed E-state index contributed by atoms with van der Waals surface area (Å²) in [6.07, 6.45) is 2.88. The minimum Gasteiger partial charge on any atom is -0.341 e. The maximum Gasteiger partial charge on any atom is 0.283 e. The molecule has 6 nitrogen and oxygen atoms in total. The van der Waals surface area contributed by atoms with Crippen molar-refractivity contribution in [2.45, 2.75) is 6.04 Å². The third kappa shape index (κ3) is 1.21. The van der Waals surface area contributed by atoms with Crippen LogP contribution in [0.25, 0.3) is 0 Å². The first-order valence-electron chi connectivity index (χ1n) is 4.01. The lowest BCUT2D eigenvalue weighted by Gasteiger charge is -2.17. The van der Waals surface area contributed by atoms with E-state index >= 15 is 0 Å². The monoisotopic (exact) mass is 192 g/mol. The molecule has 0 aromatic carbocycles. The first kappa shape index (κ1) is 8.64. The Hall–Kier alpha value is -1.95. The highest BCUT2D eigenvalue weighted by molar-refractivity contribution is 5.53. The van der Waals surface area contributed by atoms with Crippen molar-refractivity contribution in [1.29, 1.82) is 0 Å². The normalized spacial score (nSPS) is 19.2. The van der Waals surface area contributed by atoms with E-state index in [0.29, 0.717) is 11.4 Å². The minimum atomic E-state index is -0.713. The fraction of sp³-hybridized carbons (Fsp3) is 0.125. The first-order chi connectivity index (χ1) is 6.70. The maximum atomic E-state index is 10.6. The van der Waals surface area contributed by atoms with Crippen LogP contribution in [0.15, 0.2) is 30.2 Å². The summed E-state index contributed by atoms with van der Waals surface area (Å²) in [7, 11) is 0. The Morgan fingerprint density at radius 2 is 2.43 bits per heavy atom. The molecule has 0 saturated heterocycles. The number of nitrogens with one attached hydrogen (secondary N) is 1. The van der Waals surface area contributed by atoms with Crippen molar-refractivity contribution in [2.75, 3.05) is 5.32 Å². The lowest BCUT2D eigenvalue weighted by atomic mass is 10.0. The van der Waals surface area contributed by atoms with Gasteiger partial charge in [0.1, 0.15) is 11.9 Å². The van der Waals surface area contributed by atoms with Crippen LogP contribution in [0.2, 0.25) is 0 Å². The summed E-state index contributed by atoms with van der Waals surface area (Å²) >= 11 is 0.